The van der Waals surface area contributed by atoms with Crippen LogP contribution in [0.25, 0.3) is 5.69 Å². The lowest BCUT2D eigenvalue weighted by Crippen LogP contribution is -2.28. The number of hydrogen-bond donors (Lipinski definition) is 1. The molecule has 0 radical (unpaired) electrons. The van der Waals surface area contributed by atoms with E-state index >= 15 is 0 Å². The molecule has 4 nitrogen and oxygen atoms in total. The molecule has 0 bridgehead atoms. The van der Waals surface area contributed by atoms with E-state index in [0.29, 0.717) is 12.0 Å². The molecule has 1 saturated heterocycles. The lowest BCUT2D eigenvalue weighted by atomic mass is 10.1. The van der Waals surface area contributed by atoms with Crippen LogP contribution < -0.4 is 5.73 Å². The minimum Gasteiger partial charge on any atom is -0.326 e. The van der Waals surface area contributed by atoms with Gasteiger partial charge in [-0.25, -0.2) is 4.68 Å². The Kier molecular flexibility index (Phi) is 3.36. The van der Waals surface area contributed by atoms with Crippen molar-refractivity contribution in [2.45, 2.75) is 19.5 Å². The van der Waals surface area contributed by atoms with Crippen LogP contribution in [0.5, 0.6) is 0 Å². The standard InChI is InChI=1S/C15H20N4/c1-12-9-18(11-15(12)16)10-14-7-8-17-19(14)13-5-3-2-4-6-13/h2-8,12,15H,9-11,16H2,1H3. The summed E-state index contributed by atoms with van der Waals surface area (Å²) in [6, 6.07) is 12.6. The van der Waals surface area contributed by atoms with Gasteiger partial charge in [0, 0.05) is 31.9 Å². The number of para-hydroxylation sites is 1. The van der Waals surface area contributed by atoms with E-state index in [4.69, 9.17) is 5.73 Å². The van der Waals surface area contributed by atoms with Crippen LogP contribution in [-0.2, 0) is 6.54 Å². The maximum Gasteiger partial charge on any atom is 0.0649 e. The average Bonchev–Trinajstić information content (AvgIpc) is 2.99. The second-order valence-corrected chi connectivity index (χ2v) is 5.41. The highest BCUT2D eigenvalue weighted by Crippen LogP contribution is 2.18. The van der Waals surface area contributed by atoms with Crippen molar-refractivity contribution >= 4 is 0 Å². The molecule has 0 amide bonds. The maximum atomic E-state index is 6.08. The van der Waals surface area contributed by atoms with E-state index in [1.165, 1.54) is 5.69 Å². The number of nitrogens with two attached hydrogens (primary N) is 1. The van der Waals surface area contributed by atoms with E-state index in [1.807, 2.05) is 29.1 Å². The van der Waals surface area contributed by atoms with E-state index in [0.717, 1.165) is 25.3 Å². The first-order chi connectivity index (χ1) is 9.24. The predicted molar refractivity (Wildman–Crippen MR) is 76.0 cm³/mol. The third-order valence-corrected chi connectivity index (χ3v) is 3.85. The highest BCUT2D eigenvalue weighted by molar-refractivity contribution is 5.32. The number of nitrogens with zero attached hydrogens (tertiary/aromatic N) is 3. The van der Waals surface area contributed by atoms with E-state index < -0.39 is 0 Å². The summed E-state index contributed by atoms with van der Waals surface area (Å²) >= 11 is 0. The van der Waals surface area contributed by atoms with Gasteiger partial charge in [-0.1, -0.05) is 25.1 Å². The summed E-state index contributed by atoms with van der Waals surface area (Å²) in [4.78, 5) is 2.41. The average molecular weight is 256 g/mol. The quantitative estimate of drug-likeness (QED) is 0.908. The van der Waals surface area contributed by atoms with Gasteiger partial charge in [-0.2, -0.15) is 5.10 Å². The Morgan fingerprint density at radius 3 is 2.68 bits per heavy atom. The molecule has 0 spiro atoms. The summed E-state index contributed by atoms with van der Waals surface area (Å²) in [6.07, 6.45) is 1.86. The van der Waals surface area contributed by atoms with Gasteiger partial charge in [0.25, 0.3) is 0 Å². The van der Waals surface area contributed by atoms with Crippen molar-refractivity contribution in [2.24, 2.45) is 11.7 Å². The van der Waals surface area contributed by atoms with Crippen LogP contribution in [0, 0.1) is 5.92 Å². The molecule has 1 aromatic carbocycles. The first-order valence-electron chi connectivity index (χ1n) is 6.80. The summed E-state index contributed by atoms with van der Waals surface area (Å²) in [5.41, 5.74) is 8.41. The van der Waals surface area contributed by atoms with Gasteiger partial charge < -0.3 is 5.73 Å². The van der Waals surface area contributed by atoms with E-state index in [2.05, 4.69) is 35.1 Å². The van der Waals surface area contributed by atoms with Crippen LogP contribution in [-0.4, -0.2) is 33.8 Å². The van der Waals surface area contributed by atoms with E-state index in [9.17, 15) is 0 Å². The largest absolute Gasteiger partial charge is 0.326 e. The van der Waals surface area contributed by atoms with Crippen LogP contribution in [0.3, 0.4) is 0 Å². The zero-order valence-corrected chi connectivity index (χ0v) is 11.2. The molecule has 0 saturated carbocycles. The molecular formula is C15H20N4. The van der Waals surface area contributed by atoms with Gasteiger partial charge in [0.15, 0.2) is 0 Å². The summed E-state index contributed by atoms with van der Waals surface area (Å²) in [5.74, 6) is 0.577. The van der Waals surface area contributed by atoms with Crippen LogP contribution in [0.1, 0.15) is 12.6 Å². The van der Waals surface area contributed by atoms with Crippen LogP contribution in [0.4, 0.5) is 0 Å². The van der Waals surface area contributed by atoms with Crippen molar-refractivity contribution in [2.75, 3.05) is 13.1 Å². The predicted octanol–water partition coefficient (Wildman–Crippen LogP) is 1.65. The summed E-state index contributed by atoms with van der Waals surface area (Å²) in [6.45, 7) is 5.17. The molecular weight excluding hydrogens is 236 g/mol. The zero-order valence-electron chi connectivity index (χ0n) is 11.2. The topological polar surface area (TPSA) is 47.1 Å². The lowest BCUT2D eigenvalue weighted by molar-refractivity contribution is 0.312. The molecule has 1 aromatic heterocycles. The third-order valence-electron chi connectivity index (χ3n) is 3.85. The van der Waals surface area contributed by atoms with Gasteiger partial charge in [-0.15, -0.1) is 0 Å². The first kappa shape index (κ1) is 12.4. The van der Waals surface area contributed by atoms with Crippen molar-refractivity contribution in [3.05, 3.63) is 48.3 Å². The van der Waals surface area contributed by atoms with E-state index in [-0.39, 0.29) is 0 Å². The molecule has 2 N–H and O–H groups in total. The SMILES string of the molecule is CC1CN(Cc2ccnn2-c2ccccc2)CC1N. The van der Waals surface area contributed by atoms with Crippen LogP contribution in [0.2, 0.25) is 0 Å². The Labute approximate surface area is 113 Å². The first-order valence-corrected chi connectivity index (χ1v) is 6.80. The smallest absolute Gasteiger partial charge is 0.0649 e. The second kappa shape index (κ2) is 5.15. The Bertz CT molecular complexity index is 524. The van der Waals surface area contributed by atoms with Crippen LogP contribution in [0.15, 0.2) is 42.6 Å². The van der Waals surface area contributed by atoms with Crippen molar-refractivity contribution in [1.82, 2.24) is 14.7 Å². The van der Waals surface area contributed by atoms with Gasteiger partial charge in [0.2, 0.25) is 0 Å². The monoisotopic (exact) mass is 256 g/mol. The normalized spacial score (nSPS) is 23.9. The van der Waals surface area contributed by atoms with Gasteiger partial charge in [-0.3, -0.25) is 4.90 Å². The Morgan fingerprint density at radius 1 is 1.21 bits per heavy atom. The maximum absolute atomic E-state index is 6.08. The van der Waals surface area contributed by atoms with Crippen molar-refractivity contribution in [3.63, 3.8) is 0 Å². The van der Waals surface area contributed by atoms with Crippen molar-refractivity contribution in [3.8, 4) is 5.69 Å². The molecule has 2 atom stereocenters. The zero-order chi connectivity index (χ0) is 13.2. The fraction of sp³-hybridized carbons (Fsp3) is 0.400. The fourth-order valence-corrected chi connectivity index (χ4v) is 2.71. The summed E-state index contributed by atoms with van der Waals surface area (Å²) in [5, 5.41) is 4.43. The van der Waals surface area contributed by atoms with Gasteiger partial charge in [-0.05, 0) is 24.1 Å². The molecule has 2 aromatic rings. The minimum atomic E-state index is 0.299. The molecule has 3 rings (SSSR count). The molecule has 1 aliphatic heterocycles. The summed E-state index contributed by atoms with van der Waals surface area (Å²) < 4.78 is 2.01. The highest BCUT2D eigenvalue weighted by Gasteiger charge is 2.26. The molecule has 2 unspecified atom stereocenters. The molecule has 0 aliphatic carbocycles. The Hall–Kier alpha value is -1.65. The Balaban J connectivity index is 1.78. The highest BCUT2D eigenvalue weighted by atomic mass is 15.3. The van der Waals surface area contributed by atoms with Gasteiger partial charge in [0.1, 0.15) is 0 Å². The van der Waals surface area contributed by atoms with Gasteiger partial charge >= 0.3 is 0 Å². The molecule has 1 fully saturated rings. The van der Waals surface area contributed by atoms with E-state index in [1.54, 1.807) is 0 Å². The lowest BCUT2D eigenvalue weighted by Gasteiger charge is -2.16. The third kappa shape index (κ3) is 2.55. The number of likely N-dealkylation sites (tertiary alicyclic amines) is 1. The number of rotatable bonds is 3. The molecule has 2 heterocycles. The number of hydrogen-bond acceptors (Lipinski definition) is 3. The van der Waals surface area contributed by atoms with Gasteiger partial charge in [0.05, 0.1) is 11.4 Å². The second-order valence-electron chi connectivity index (χ2n) is 5.41. The number of benzene rings is 1. The van der Waals surface area contributed by atoms with Crippen LogP contribution >= 0.6 is 0 Å². The summed E-state index contributed by atoms with van der Waals surface area (Å²) in [7, 11) is 0. The number of aromatic nitrogens is 2. The Morgan fingerprint density at radius 2 is 2.00 bits per heavy atom. The van der Waals surface area contributed by atoms with Crippen molar-refractivity contribution in [1.29, 1.82) is 0 Å². The fourth-order valence-electron chi connectivity index (χ4n) is 2.71. The molecule has 4 heteroatoms. The molecule has 100 valence electrons. The minimum absolute atomic E-state index is 0.299. The molecule has 1 aliphatic rings. The van der Waals surface area contributed by atoms with Crippen molar-refractivity contribution < 1.29 is 0 Å². The molecule has 19 heavy (non-hydrogen) atoms.